The maximum absolute atomic E-state index is 12.8. The highest BCUT2D eigenvalue weighted by molar-refractivity contribution is 6.08. The average molecular weight is 375 g/mol. The Morgan fingerprint density at radius 1 is 0.893 bits per heavy atom. The van der Waals surface area contributed by atoms with Crippen molar-refractivity contribution in [3.63, 3.8) is 0 Å². The Bertz CT molecular complexity index is 1150. The number of amides is 1. The zero-order valence-corrected chi connectivity index (χ0v) is 14.3. The van der Waals surface area contributed by atoms with Gasteiger partial charge >= 0.3 is 5.97 Å². The van der Waals surface area contributed by atoms with E-state index < -0.39 is 17.5 Å². The Balaban J connectivity index is 1.91. The highest BCUT2D eigenvalue weighted by atomic mass is 16.6. The summed E-state index contributed by atoms with van der Waals surface area (Å²) in [6.07, 6.45) is 0. The lowest BCUT2D eigenvalue weighted by molar-refractivity contribution is 0.0223. The zero-order valence-electron chi connectivity index (χ0n) is 14.3. The lowest BCUT2D eigenvalue weighted by Gasteiger charge is -2.36. The first-order valence-electron chi connectivity index (χ1n) is 8.43. The van der Waals surface area contributed by atoms with Gasteiger partial charge in [0.05, 0.1) is 11.1 Å². The van der Waals surface area contributed by atoms with Gasteiger partial charge in [0.25, 0.3) is 0 Å². The van der Waals surface area contributed by atoms with Crippen LogP contribution in [0.5, 0.6) is 23.0 Å². The second-order valence-electron chi connectivity index (χ2n) is 6.63. The first-order chi connectivity index (χ1) is 13.4. The first kappa shape index (κ1) is 16.2. The fourth-order valence-electron chi connectivity index (χ4n) is 3.95. The number of ether oxygens (including phenoxy) is 2. The molecule has 0 saturated carbocycles. The number of hydrogen-bond acceptors (Lipinski definition) is 6. The third-order valence-corrected chi connectivity index (χ3v) is 5.07. The van der Waals surface area contributed by atoms with Crippen LogP contribution in [0.2, 0.25) is 0 Å². The lowest BCUT2D eigenvalue weighted by atomic mass is 9.77. The minimum atomic E-state index is -1.40. The number of aromatic hydroxyl groups is 2. The molecular weight excluding hydrogens is 362 g/mol. The van der Waals surface area contributed by atoms with Crippen molar-refractivity contribution in [3.05, 3.63) is 82.4 Å². The SMILES string of the molecule is NC(=O)c1cccc2c1C(=O)OC21c2ccc(O)cc2Oc2cc(O)ccc21. The fourth-order valence-corrected chi connectivity index (χ4v) is 3.95. The molecule has 138 valence electrons. The summed E-state index contributed by atoms with van der Waals surface area (Å²) in [7, 11) is 0. The summed E-state index contributed by atoms with van der Waals surface area (Å²) in [6.45, 7) is 0. The maximum atomic E-state index is 12.8. The molecule has 0 radical (unpaired) electrons. The van der Waals surface area contributed by atoms with Crippen LogP contribution in [0.25, 0.3) is 0 Å². The largest absolute Gasteiger partial charge is 0.508 e. The topological polar surface area (TPSA) is 119 Å². The molecule has 7 heteroatoms. The summed E-state index contributed by atoms with van der Waals surface area (Å²) in [5.74, 6) is -0.966. The van der Waals surface area contributed by atoms with Crippen molar-refractivity contribution in [1.82, 2.24) is 0 Å². The Morgan fingerprint density at radius 2 is 1.50 bits per heavy atom. The summed E-state index contributed by atoms with van der Waals surface area (Å²) in [6, 6.07) is 13.7. The van der Waals surface area contributed by atoms with Crippen LogP contribution < -0.4 is 10.5 Å². The van der Waals surface area contributed by atoms with E-state index in [0.29, 0.717) is 16.7 Å². The second-order valence-corrected chi connectivity index (χ2v) is 6.63. The summed E-state index contributed by atoms with van der Waals surface area (Å²) in [5.41, 5.74) is 5.62. The molecule has 2 aliphatic rings. The predicted molar refractivity (Wildman–Crippen MR) is 96.5 cm³/mol. The predicted octanol–water partition coefficient (Wildman–Crippen LogP) is 2.76. The minimum absolute atomic E-state index is 0.0343. The van der Waals surface area contributed by atoms with Gasteiger partial charge in [0.15, 0.2) is 5.60 Å². The van der Waals surface area contributed by atoms with Crippen LogP contribution >= 0.6 is 0 Å². The van der Waals surface area contributed by atoms with E-state index in [2.05, 4.69) is 0 Å². The van der Waals surface area contributed by atoms with Crippen molar-refractivity contribution < 1.29 is 29.3 Å². The Hall–Kier alpha value is -4.00. The van der Waals surface area contributed by atoms with Gasteiger partial charge in [0.2, 0.25) is 5.91 Å². The normalized spacial score (nSPS) is 15.2. The van der Waals surface area contributed by atoms with E-state index >= 15 is 0 Å². The molecular formula is C21H13NO6. The molecule has 0 fully saturated rings. The van der Waals surface area contributed by atoms with Crippen molar-refractivity contribution >= 4 is 11.9 Å². The number of nitrogens with two attached hydrogens (primary N) is 1. The molecule has 0 atom stereocenters. The van der Waals surface area contributed by atoms with Crippen LogP contribution in [0.4, 0.5) is 0 Å². The van der Waals surface area contributed by atoms with E-state index in [1.807, 2.05) is 0 Å². The van der Waals surface area contributed by atoms with E-state index in [0.717, 1.165) is 0 Å². The Labute approximate surface area is 158 Å². The molecule has 3 aromatic rings. The molecule has 2 heterocycles. The van der Waals surface area contributed by atoms with Gasteiger partial charge < -0.3 is 25.4 Å². The number of phenolic OH excluding ortho intramolecular Hbond substituents is 2. The molecule has 0 unspecified atom stereocenters. The number of hydrogen-bond donors (Lipinski definition) is 3. The lowest BCUT2D eigenvalue weighted by Crippen LogP contribution is -2.32. The zero-order chi connectivity index (χ0) is 19.6. The van der Waals surface area contributed by atoms with Gasteiger partial charge in [0, 0.05) is 28.8 Å². The molecule has 0 aromatic heterocycles. The Kier molecular flexibility index (Phi) is 3.04. The number of primary amides is 1. The minimum Gasteiger partial charge on any atom is -0.508 e. The van der Waals surface area contributed by atoms with Crippen LogP contribution in [0.1, 0.15) is 37.4 Å². The van der Waals surface area contributed by atoms with Gasteiger partial charge in [-0.15, -0.1) is 0 Å². The highest BCUT2D eigenvalue weighted by Crippen LogP contribution is 2.57. The van der Waals surface area contributed by atoms with Gasteiger partial charge in [-0.25, -0.2) is 4.79 Å². The molecule has 1 spiro atoms. The third kappa shape index (κ3) is 1.92. The van der Waals surface area contributed by atoms with Gasteiger partial charge in [-0.05, 0) is 30.3 Å². The van der Waals surface area contributed by atoms with Crippen molar-refractivity contribution in [2.45, 2.75) is 5.60 Å². The van der Waals surface area contributed by atoms with Gasteiger partial charge in [-0.3, -0.25) is 4.79 Å². The third-order valence-electron chi connectivity index (χ3n) is 5.07. The van der Waals surface area contributed by atoms with E-state index in [9.17, 15) is 19.8 Å². The fraction of sp³-hybridized carbons (Fsp3) is 0.0476. The number of phenols is 2. The molecule has 1 amide bonds. The molecule has 0 aliphatic carbocycles. The summed E-state index contributed by atoms with van der Waals surface area (Å²) < 4.78 is 11.7. The molecule has 5 rings (SSSR count). The number of esters is 1. The summed E-state index contributed by atoms with van der Waals surface area (Å²) in [5, 5.41) is 19.8. The van der Waals surface area contributed by atoms with E-state index in [1.54, 1.807) is 24.3 Å². The molecule has 3 aromatic carbocycles. The number of fused-ring (bicyclic) bond motifs is 6. The van der Waals surface area contributed by atoms with E-state index in [1.165, 1.54) is 30.3 Å². The van der Waals surface area contributed by atoms with Gasteiger partial charge in [-0.1, -0.05) is 12.1 Å². The monoisotopic (exact) mass is 375 g/mol. The molecule has 4 N–H and O–H groups in total. The second kappa shape index (κ2) is 5.26. The molecule has 28 heavy (non-hydrogen) atoms. The number of rotatable bonds is 1. The number of carbonyl (C=O) groups is 2. The van der Waals surface area contributed by atoms with Crippen molar-refractivity contribution in [1.29, 1.82) is 0 Å². The summed E-state index contributed by atoms with van der Waals surface area (Å²) >= 11 is 0. The first-order valence-corrected chi connectivity index (χ1v) is 8.43. The number of carbonyl (C=O) groups excluding carboxylic acids is 2. The molecule has 7 nitrogen and oxygen atoms in total. The van der Waals surface area contributed by atoms with Crippen LogP contribution in [-0.4, -0.2) is 22.1 Å². The van der Waals surface area contributed by atoms with Crippen molar-refractivity contribution in [2.24, 2.45) is 5.73 Å². The van der Waals surface area contributed by atoms with E-state index in [-0.39, 0.29) is 34.1 Å². The van der Waals surface area contributed by atoms with Crippen LogP contribution in [0.3, 0.4) is 0 Å². The van der Waals surface area contributed by atoms with Gasteiger partial charge in [0.1, 0.15) is 23.0 Å². The molecule has 0 bridgehead atoms. The van der Waals surface area contributed by atoms with Gasteiger partial charge in [-0.2, -0.15) is 0 Å². The van der Waals surface area contributed by atoms with Crippen LogP contribution in [-0.2, 0) is 10.3 Å². The quantitative estimate of drug-likeness (QED) is 0.563. The van der Waals surface area contributed by atoms with Crippen molar-refractivity contribution in [2.75, 3.05) is 0 Å². The summed E-state index contributed by atoms with van der Waals surface area (Å²) in [4.78, 5) is 24.7. The molecule has 0 saturated heterocycles. The van der Waals surface area contributed by atoms with Crippen LogP contribution in [0, 0.1) is 0 Å². The molecule has 2 aliphatic heterocycles. The highest BCUT2D eigenvalue weighted by Gasteiger charge is 2.54. The van der Waals surface area contributed by atoms with Crippen molar-refractivity contribution in [3.8, 4) is 23.0 Å². The maximum Gasteiger partial charge on any atom is 0.340 e. The number of benzene rings is 3. The van der Waals surface area contributed by atoms with E-state index in [4.69, 9.17) is 15.2 Å². The average Bonchev–Trinajstić information content (AvgIpc) is 2.95. The Morgan fingerprint density at radius 3 is 2.07 bits per heavy atom. The van der Waals surface area contributed by atoms with Crippen LogP contribution in [0.15, 0.2) is 54.6 Å². The standard InChI is InChI=1S/C21H13NO6/c22-19(25)12-2-1-3-15-18(12)20(26)28-21(15)13-6-4-10(23)8-16(13)27-17-9-11(24)5-7-14(17)21/h1-9,23-24H,(H2,22,25). The smallest absolute Gasteiger partial charge is 0.340 e.